The molecule has 1 heterocycles. The molecule has 0 bridgehead atoms. The van der Waals surface area contributed by atoms with E-state index in [1.165, 1.54) is 27.2 Å². The van der Waals surface area contributed by atoms with E-state index >= 15 is 0 Å². The van der Waals surface area contributed by atoms with Gasteiger partial charge in [0.15, 0.2) is 0 Å². The molecule has 0 saturated heterocycles. The van der Waals surface area contributed by atoms with Crippen molar-refractivity contribution in [2.24, 2.45) is 4.66 Å². The average Bonchev–Trinajstić information content (AvgIpc) is 2.99. The molecule has 0 unspecified atom stereocenters. The number of allylic oxidation sites excluding steroid dienone is 1. The van der Waals surface area contributed by atoms with Gasteiger partial charge in [-0.2, -0.15) is 0 Å². The molecule has 5 aromatic rings. The first kappa shape index (κ1) is 23.0. The number of hydrogen-bond acceptors (Lipinski definition) is 2. The smallest absolute Gasteiger partial charge is 0.342 e. The Labute approximate surface area is 220 Å². The predicted molar refractivity (Wildman–Crippen MR) is 159 cm³/mol. The molecule has 6 rings (SSSR count). The molecule has 5 aromatic carbocycles. The Bertz CT molecular complexity index is 1510. The highest BCUT2D eigenvalue weighted by atomic mass is 28.3. The summed E-state index contributed by atoms with van der Waals surface area (Å²) in [5.74, 6) is 0. The normalized spacial score (nSPS) is 14.8. The maximum atomic E-state index is 5.86. The zero-order valence-electron chi connectivity index (χ0n) is 20.8. The first-order valence-corrected chi connectivity index (χ1v) is 14.6. The zero-order valence-corrected chi connectivity index (χ0v) is 21.8. The zero-order chi connectivity index (χ0) is 25.1. The van der Waals surface area contributed by atoms with Crippen LogP contribution in [0.15, 0.2) is 162 Å². The molecule has 1 aliphatic rings. The Kier molecular flexibility index (Phi) is 6.13. The van der Waals surface area contributed by atoms with E-state index in [9.17, 15) is 0 Å². The number of para-hydroxylation sites is 1. The van der Waals surface area contributed by atoms with Crippen molar-refractivity contribution in [2.45, 2.75) is 6.92 Å². The SMILES string of the molecule is CC1=C(c2ccccc2)N(c2ccccc2)[Si](c2ccccc2)(c2ccccc2)N=C1c1ccccc1. The summed E-state index contributed by atoms with van der Waals surface area (Å²) >= 11 is 0. The molecule has 2 nitrogen and oxygen atoms in total. The Balaban J connectivity index is 1.78. The molecule has 1 aliphatic heterocycles. The Morgan fingerprint density at radius 3 is 1.38 bits per heavy atom. The third kappa shape index (κ3) is 4.04. The van der Waals surface area contributed by atoms with Crippen LogP contribution in [0.5, 0.6) is 0 Å². The lowest BCUT2D eigenvalue weighted by atomic mass is 9.98. The lowest BCUT2D eigenvalue weighted by Crippen LogP contribution is -2.70. The van der Waals surface area contributed by atoms with Crippen LogP contribution in [-0.2, 0) is 0 Å². The van der Waals surface area contributed by atoms with Gasteiger partial charge in [0.25, 0.3) is 0 Å². The van der Waals surface area contributed by atoms with Crippen molar-refractivity contribution in [2.75, 3.05) is 4.57 Å². The topological polar surface area (TPSA) is 15.6 Å². The van der Waals surface area contributed by atoms with Crippen LogP contribution in [0.25, 0.3) is 5.70 Å². The van der Waals surface area contributed by atoms with Crippen LogP contribution in [-0.4, -0.2) is 14.1 Å². The fourth-order valence-electron chi connectivity index (χ4n) is 5.34. The lowest BCUT2D eigenvalue weighted by Gasteiger charge is -2.46. The van der Waals surface area contributed by atoms with Crippen LogP contribution in [0.1, 0.15) is 18.1 Å². The third-order valence-corrected chi connectivity index (χ3v) is 10.9. The standard InChI is InChI=1S/C34H28N2Si/c1-27-33(28-17-7-2-8-18-28)35-37(31-23-13-5-14-24-31,32-25-15-6-16-26-32)36(30-21-11-4-12-22-30)34(27)29-19-9-3-10-20-29/h2-26H,1H3. The van der Waals surface area contributed by atoms with Gasteiger partial charge in [-0.3, -0.25) is 4.66 Å². The maximum absolute atomic E-state index is 5.86. The van der Waals surface area contributed by atoms with E-state index < -0.39 is 8.40 Å². The largest absolute Gasteiger partial charge is 0.354 e. The van der Waals surface area contributed by atoms with Gasteiger partial charge in [0.05, 0.1) is 5.71 Å². The Morgan fingerprint density at radius 1 is 0.486 bits per heavy atom. The van der Waals surface area contributed by atoms with Crippen LogP contribution < -0.4 is 14.9 Å². The Morgan fingerprint density at radius 2 is 0.892 bits per heavy atom. The molecule has 178 valence electrons. The monoisotopic (exact) mass is 492 g/mol. The first-order valence-electron chi connectivity index (χ1n) is 12.7. The number of rotatable bonds is 5. The highest BCUT2D eigenvalue weighted by Crippen LogP contribution is 2.39. The summed E-state index contributed by atoms with van der Waals surface area (Å²) in [5, 5.41) is 2.50. The highest BCUT2D eigenvalue weighted by Gasteiger charge is 2.50. The minimum atomic E-state index is -2.98. The molecule has 0 N–H and O–H groups in total. The maximum Gasteiger partial charge on any atom is 0.354 e. The molecule has 0 amide bonds. The van der Waals surface area contributed by atoms with Crippen molar-refractivity contribution in [1.82, 2.24) is 0 Å². The van der Waals surface area contributed by atoms with E-state index in [1.807, 2.05) is 0 Å². The summed E-state index contributed by atoms with van der Waals surface area (Å²) < 4.78 is 8.43. The van der Waals surface area contributed by atoms with Gasteiger partial charge in [0.1, 0.15) is 0 Å². The van der Waals surface area contributed by atoms with E-state index in [2.05, 4.69) is 163 Å². The van der Waals surface area contributed by atoms with Gasteiger partial charge in [-0.05, 0) is 46.1 Å². The van der Waals surface area contributed by atoms with E-state index in [-0.39, 0.29) is 0 Å². The number of nitrogens with zero attached hydrogens (tertiary/aromatic N) is 2. The van der Waals surface area contributed by atoms with E-state index in [0.717, 1.165) is 17.0 Å². The van der Waals surface area contributed by atoms with E-state index in [1.54, 1.807) is 0 Å². The summed E-state index contributed by atoms with van der Waals surface area (Å²) in [4.78, 5) is 0. The van der Waals surface area contributed by atoms with Crippen LogP contribution in [0.4, 0.5) is 5.69 Å². The first-order chi connectivity index (χ1) is 18.3. The fraction of sp³-hybridized carbons (Fsp3) is 0.0294. The molecule has 0 saturated carbocycles. The Hall–Kier alpha value is -4.47. The minimum Gasteiger partial charge on any atom is -0.342 e. The molecule has 0 aromatic heterocycles. The van der Waals surface area contributed by atoms with Gasteiger partial charge in [-0.15, -0.1) is 0 Å². The molecule has 3 heteroatoms. The van der Waals surface area contributed by atoms with Crippen molar-refractivity contribution in [3.05, 3.63) is 168 Å². The van der Waals surface area contributed by atoms with Crippen molar-refractivity contribution < 1.29 is 0 Å². The fourth-order valence-corrected chi connectivity index (χ4v) is 9.63. The lowest BCUT2D eigenvalue weighted by molar-refractivity contribution is 1.27. The second-order valence-electron chi connectivity index (χ2n) is 9.24. The van der Waals surface area contributed by atoms with Crippen LogP contribution >= 0.6 is 0 Å². The molecule has 0 aliphatic carbocycles. The molecular formula is C34H28N2Si. The van der Waals surface area contributed by atoms with Crippen molar-refractivity contribution in [3.63, 3.8) is 0 Å². The van der Waals surface area contributed by atoms with Crippen molar-refractivity contribution in [1.29, 1.82) is 0 Å². The van der Waals surface area contributed by atoms with Crippen LogP contribution in [0.3, 0.4) is 0 Å². The summed E-state index contributed by atoms with van der Waals surface area (Å²) in [6.07, 6.45) is 0. The van der Waals surface area contributed by atoms with Gasteiger partial charge in [-0.1, -0.05) is 140 Å². The number of benzene rings is 5. The molecule has 0 atom stereocenters. The van der Waals surface area contributed by atoms with Crippen molar-refractivity contribution in [3.8, 4) is 0 Å². The van der Waals surface area contributed by atoms with Crippen LogP contribution in [0, 0.1) is 0 Å². The van der Waals surface area contributed by atoms with Gasteiger partial charge in [0.2, 0.25) is 0 Å². The van der Waals surface area contributed by atoms with Gasteiger partial charge in [-0.25, -0.2) is 0 Å². The summed E-state index contributed by atoms with van der Waals surface area (Å²) in [6.45, 7) is 2.22. The quantitative estimate of drug-likeness (QED) is 0.250. The molecular weight excluding hydrogens is 464 g/mol. The predicted octanol–water partition coefficient (Wildman–Crippen LogP) is 6.68. The summed E-state index contributed by atoms with van der Waals surface area (Å²) in [6, 6.07) is 53.9. The average molecular weight is 493 g/mol. The van der Waals surface area contributed by atoms with E-state index in [0.29, 0.717) is 0 Å². The van der Waals surface area contributed by atoms with Gasteiger partial charge in [0, 0.05) is 11.4 Å². The summed E-state index contributed by atoms with van der Waals surface area (Å²) in [5.41, 5.74) is 6.93. The molecule has 0 fully saturated rings. The van der Waals surface area contributed by atoms with Crippen LogP contribution in [0.2, 0.25) is 0 Å². The van der Waals surface area contributed by atoms with Gasteiger partial charge < -0.3 is 4.57 Å². The minimum absolute atomic E-state index is 1.06. The second-order valence-corrected chi connectivity index (χ2v) is 12.4. The second kappa shape index (κ2) is 9.88. The number of hydrogen-bond donors (Lipinski definition) is 0. The highest BCUT2D eigenvalue weighted by molar-refractivity contribution is 7.05. The van der Waals surface area contributed by atoms with Crippen molar-refractivity contribution >= 4 is 35.9 Å². The molecule has 0 spiro atoms. The molecule has 0 radical (unpaired) electrons. The third-order valence-electron chi connectivity index (χ3n) is 6.99. The van der Waals surface area contributed by atoms with Gasteiger partial charge >= 0.3 is 8.40 Å². The summed E-state index contributed by atoms with van der Waals surface area (Å²) in [7, 11) is -2.98. The molecule has 37 heavy (non-hydrogen) atoms. The number of anilines is 1. The van der Waals surface area contributed by atoms with E-state index in [4.69, 9.17) is 4.66 Å².